The third-order valence-electron chi connectivity index (χ3n) is 4.15. The molecule has 2 aromatic heterocycles. The number of hydrogen-bond acceptors (Lipinski definition) is 3. The molecule has 0 bridgehead atoms. The van der Waals surface area contributed by atoms with Gasteiger partial charge in [0.25, 0.3) is 5.91 Å². The topological polar surface area (TPSA) is 49.6 Å². The molecule has 0 aromatic carbocycles. The fourth-order valence-electron chi connectivity index (χ4n) is 2.94. The van der Waals surface area contributed by atoms with Gasteiger partial charge in [-0.3, -0.25) is 9.20 Å². The molecular formula is C16H21IN4O. The fraction of sp³-hybridized carbons (Fsp3) is 0.500. The van der Waals surface area contributed by atoms with Gasteiger partial charge in [-0.15, -0.1) is 0 Å². The van der Waals surface area contributed by atoms with Crippen molar-refractivity contribution in [3.05, 3.63) is 33.8 Å². The SMILES string of the molecule is O=C(NCCN1CCCCCC1)c1cccn2c(I)cnc12. The van der Waals surface area contributed by atoms with Crippen LogP contribution in [0.3, 0.4) is 0 Å². The molecule has 0 unspecified atom stereocenters. The van der Waals surface area contributed by atoms with Crippen molar-refractivity contribution in [2.75, 3.05) is 26.2 Å². The van der Waals surface area contributed by atoms with Gasteiger partial charge in [-0.05, 0) is 60.7 Å². The second kappa shape index (κ2) is 7.41. The second-order valence-electron chi connectivity index (χ2n) is 5.71. The summed E-state index contributed by atoms with van der Waals surface area (Å²) in [7, 11) is 0. The monoisotopic (exact) mass is 412 g/mol. The maximum absolute atomic E-state index is 12.4. The molecule has 1 saturated heterocycles. The first-order valence-electron chi connectivity index (χ1n) is 7.88. The number of aromatic nitrogens is 2. The number of likely N-dealkylation sites (tertiary alicyclic amines) is 1. The van der Waals surface area contributed by atoms with Gasteiger partial charge < -0.3 is 10.2 Å². The van der Waals surface area contributed by atoms with Crippen LogP contribution in [0, 0.1) is 3.70 Å². The minimum atomic E-state index is -0.0394. The molecule has 0 aliphatic carbocycles. The van der Waals surface area contributed by atoms with Crippen molar-refractivity contribution in [2.45, 2.75) is 25.7 Å². The summed E-state index contributed by atoms with van der Waals surface area (Å²) >= 11 is 2.22. The zero-order valence-electron chi connectivity index (χ0n) is 12.6. The number of pyridine rings is 1. The molecule has 0 spiro atoms. The minimum absolute atomic E-state index is 0.0394. The van der Waals surface area contributed by atoms with Gasteiger partial charge in [-0.2, -0.15) is 0 Å². The molecule has 1 fully saturated rings. The first kappa shape index (κ1) is 15.7. The number of halogens is 1. The van der Waals surface area contributed by atoms with E-state index in [-0.39, 0.29) is 5.91 Å². The van der Waals surface area contributed by atoms with E-state index in [4.69, 9.17) is 0 Å². The number of nitrogens with one attached hydrogen (secondary N) is 1. The summed E-state index contributed by atoms with van der Waals surface area (Å²) in [4.78, 5) is 19.2. The van der Waals surface area contributed by atoms with Crippen LogP contribution in [0.15, 0.2) is 24.5 Å². The van der Waals surface area contributed by atoms with Crippen molar-refractivity contribution in [2.24, 2.45) is 0 Å². The molecule has 118 valence electrons. The van der Waals surface area contributed by atoms with Gasteiger partial charge in [0.05, 0.1) is 11.8 Å². The predicted molar refractivity (Wildman–Crippen MR) is 95.2 cm³/mol. The molecule has 1 aliphatic rings. The number of carbonyl (C=O) groups is 1. The zero-order valence-corrected chi connectivity index (χ0v) is 14.8. The van der Waals surface area contributed by atoms with Crippen molar-refractivity contribution in [1.29, 1.82) is 0 Å². The maximum Gasteiger partial charge on any atom is 0.255 e. The Morgan fingerprint density at radius 1 is 1.27 bits per heavy atom. The van der Waals surface area contributed by atoms with Gasteiger partial charge in [0.1, 0.15) is 9.35 Å². The third kappa shape index (κ3) is 3.60. The van der Waals surface area contributed by atoms with Crippen LogP contribution in [-0.2, 0) is 0 Å². The van der Waals surface area contributed by atoms with Crippen LogP contribution in [0.2, 0.25) is 0 Å². The summed E-state index contributed by atoms with van der Waals surface area (Å²) in [5, 5.41) is 3.03. The molecule has 0 atom stereocenters. The fourth-order valence-corrected chi connectivity index (χ4v) is 3.47. The van der Waals surface area contributed by atoms with E-state index in [9.17, 15) is 4.79 Å². The molecule has 3 heterocycles. The summed E-state index contributed by atoms with van der Waals surface area (Å²) in [6.07, 6.45) is 8.94. The number of fused-ring (bicyclic) bond motifs is 1. The highest BCUT2D eigenvalue weighted by molar-refractivity contribution is 14.1. The van der Waals surface area contributed by atoms with E-state index >= 15 is 0 Å². The molecule has 1 amide bonds. The van der Waals surface area contributed by atoms with E-state index in [1.807, 2.05) is 22.7 Å². The van der Waals surface area contributed by atoms with E-state index in [1.54, 1.807) is 6.20 Å². The van der Waals surface area contributed by atoms with Gasteiger partial charge in [0.2, 0.25) is 0 Å². The van der Waals surface area contributed by atoms with E-state index in [0.717, 1.165) is 29.0 Å². The predicted octanol–water partition coefficient (Wildman–Crippen LogP) is 2.54. The Morgan fingerprint density at radius 3 is 2.82 bits per heavy atom. The van der Waals surface area contributed by atoms with E-state index in [2.05, 4.69) is 37.8 Å². The van der Waals surface area contributed by atoms with Gasteiger partial charge in [0.15, 0.2) is 0 Å². The first-order valence-corrected chi connectivity index (χ1v) is 8.96. The molecule has 0 radical (unpaired) electrons. The zero-order chi connectivity index (χ0) is 15.4. The number of hydrogen-bond donors (Lipinski definition) is 1. The van der Waals surface area contributed by atoms with Crippen molar-refractivity contribution in [1.82, 2.24) is 19.6 Å². The normalized spacial score (nSPS) is 16.6. The lowest BCUT2D eigenvalue weighted by Gasteiger charge is -2.19. The Labute approximate surface area is 144 Å². The maximum atomic E-state index is 12.4. The van der Waals surface area contributed by atoms with E-state index < -0.39 is 0 Å². The summed E-state index contributed by atoms with van der Waals surface area (Å²) < 4.78 is 2.94. The Kier molecular flexibility index (Phi) is 5.30. The molecule has 3 rings (SSSR count). The van der Waals surface area contributed by atoms with Gasteiger partial charge in [-0.25, -0.2) is 4.98 Å². The largest absolute Gasteiger partial charge is 0.351 e. The number of rotatable bonds is 4. The molecule has 6 heteroatoms. The standard InChI is InChI=1S/C16H21IN4O/c17-14-12-19-15-13(6-5-10-21(14)15)16(22)18-7-11-20-8-3-1-2-4-9-20/h5-6,10,12H,1-4,7-9,11H2,(H,18,22). The lowest BCUT2D eigenvalue weighted by molar-refractivity contribution is 0.0949. The van der Waals surface area contributed by atoms with Crippen molar-refractivity contribution in [3.8, 4) is 0 Å². The molecule has 5 nitrogen and oxygen atoms in total. The second-order valence-corrected chi connectivity index (χ2v) is 6.81. The van der Waals surface area contributed by atoms with Crippen LogP contribution in [-0.4, -0.2) is 46.4 Å². The first-order chi connectivity index (χ1) is 10.8. The van der Waals surface area contributed by atoms with Crippen LogP contribution in [0.1, 0.15) is 36.0 Å². The lowest BCUT2D eigenvalue weighted by Crippen LogP contribution is -2.35. The minimum Gasteiger partial charge on any atom is -0.351 e. The van der Waals surface area contributed by atoms with Crippen molar-refractivity contribution >= 4 is 34.1 Å². The number of carbonyl (C=O) groups excluding carboxylic acids is 1. The summed E-state index contributed by atoms with van der Waals surface area (Å²) in [5.41, 5.74) is 1.36. The van der Waals surface area contributed by atoms with Crippen LogP contribution >= 0.6 is 22.6 Å². The van der Waals surface area contributed by atoms with E-state index in [1.165, 1.54) is 25.7 Å². The van der Waals surface area contributed by atoms with Gasteiger partial charge in [-0.1, -0.05) is 12.8 Å². The Hall–Kier alpha value is -1.15. The Bertz CT molecular complexity index is 647. The average Bonchev–Trinajstić information content (AvgIpc) is 2.75. The Morgan fingerprint density at radius 2 is 2.05 bits per heavy atom. The van der Waals surface area contributed by atoms with Crippen LogP contribution in [0.25, 0.3) is 5.65 Å². The average molecular weight is 412 g/mol. The van der Waals surface area contributed by atoms with Crippen LogP contribution in [0.5, 0.6) is 0 Å². The van der Waals surface area contributed by atoms with Crippen LogP contribution in [0.4, 0.5) is 0 Å². The smallest absolute Gasteiger partial charge is 0.255 e. The Balaban J connectivity index is 1.59. The molecule has 1 N–H and O–H groups in total. The van der Waals surface area contributed by atoms with Crippen molar-refractivity contribution in [3.63, 3.8) is 0 Å². The summed E-state index contributed by atoms with van der Waals surface area (Å²) in [6.45, 7) is 3.94. The number of amides is 1. The molecule has 0 saturated carbocycles. The van der Waals surface area contributed by atoms with Gasteiger partial charge >= 0.3 is 0 Å². The summed E-state index contributed by atoms with van der Waals surface area (Å²) in [5.74, 6) is -0.0394. The highest BCUT2D eigenvalue weighted by Gasteiger charge is 2.13. The molecule has 22 heavy (non-hydrogen) atoms. The molecule has 2 aromatic rings. The lowest BCUT2D eigenvalue weighted by atomic mass is 10.2. The summed E-state index contributed by atoms with van der Waals surface area (Å²) in [6, 6.07) is 3.72. The third-order valence-corrected chi connectivity index (χ3v) is 4.95. The molecular weight excluding hydrogens is 391 g/mol. The molecule has 1 aliphatic heterocycles. The van der Waals surface area contributed by atoms with Crippen LogP contribution < -0.4 is 5.32 Å². The van der Waals surface area contributed by atoms with Gasteiger partial charge in [0, 0.05) is 19.3 Å². The van der Waals surface area contributed by atoms with Crippen molar-refractivity contribution < 1.29 is 4.79 Å². The highest BCUT2D eigenvalue weighted by Crippen LogP contribution is 2.13. The van der Waals surface area contributed by atoms with E-state index in [0.29, 0.717) is 12.1 Å². The number of nitrogens with zero attached hydrogens (tertiary/aromatic N) is 3. The number of imidazole rings is 1. The highest BCUT2D eigenvalue weighted by atomic mass is 127. The quantitative estimate of drug-likeness (QED) is 0.786.